The van der Waals surface area contributed by atoms with Gasteiger partial charge in [0, 0.05) is 23.8 Å². The van der Waals surface area contributed by atoms with Gasteiger partial charge in [-0.3, -0.25) is 0 Å². The summed E-state index contributed by atoms with van der Waals surface area (Å²) < 4.78 is 0. The second-order valence-corrected chi connectivity index (χ2v) is 3.64. The van der Waals surface area contributed by atoms with Crippen molar-refractivity contribution in [2.45, 2.75) is 6.42 Å². The largest absolute Gasteiger partial charge is 3.00 e. The Hall–Kier alpha value is -0.828. The molecule has 0 aliphatic heterocycles. The molecule has 2 aliphatic carbocycles. The average Bonchev–Trinajstić information content (AvgIpc) is 2.60. The molecule has 6 heteroatoms. The van der Waals surface area contributed by atoms with Gasteiger partial charge < -0.3 is 25.3 Å². The summed E-state index contributed by atoms with van der Waals surface area (Å²) in [4.78, 5) is 21.3. The average molecular weight is 224 g/mol. The van der Waals surface area contributed by atoms with Gasteiger partial charge in [-0.15, -0.1) is 0 Å². The van der Waals surface area contributed by atoms with Gasteiger partial charge in [0.15, 0.2) is 0 Å². The summed E-state index contributed by atoms with van der Waals surface area (Å²) in [6, 6.07) is 0. The number of hydrogen-bond acceptors (Lipinski definition) is 5. The van der Waals surface area contributed by atoms with Gasteiger partial charge in [0.2, 0.25) is 0 Å². The van der Waals surface area contributed by atoms with Crippen molar-refractivity contribution < 1.29 is 25.3 Å². The topological polar surface area (TPSA) is 110 Å². The first-order valence-electron chi connectivity index (χ1n) is 4.21. The zero-order valence-corrected chi connectivity index (χ0v) is 8.98. The quantitative estimate of drug-likeness (QED) is 0.376. The van der Waals surface area contributed by atoms with E-state index >= 15 is 0 Å². The molecule has 5 nitrogen and oxygen atoms in total. The molecule has 0 aromatic carbocycles. The van der Waals surface area contributed by atoms with Crippen LogP contribution in [0.15, 0.2) is 12.2 Å². The normalized spacial score (nSPS) is 35.5. The van der Waals surface area contributed by atoms with Gasteiger partial charge in [0.05, 0.1) is 0 Å². The molecular weight excluding hydrogens is 215 g/mol. The predicted octanol–water partition coefficient (Wildman–Crippen LogP) is -2.63. The first-order chi connectivity index (χ1) is 6.11. The summed E-state index contributed by atoms with van der Waals surface area (Å²) in [5, 5.41) is 21.3. The first-order valence-corrected chi connectivity index (χ1v) is 4.21. The number of aliphatic carboxylic acids is 2. The number of carbonyl (C=O) groups excluding carboxylic acids is 2. The van der Waals surface area contributed by atoms with E-state index in [1.165, 1.54) is 0 Å². The fourth-order valence-corrected chi connectivity index (χ4v) is 2.46. The van der Waals surface area contributed by atoms with Gasteiger partial charge in [0.1, 0.15) is 0 Å². The van der Waals surface area contributed by atoms with E-state index in [-0.39, 0.29) is 34.7 Å². The molecule has 1 N–H and O–H groups in total. The summed E-state index contributed by atoms with van der Waals surface area (Å²) in [7, 11) is 0. The summed E-state index contributed by atoms with van der Waals surface area (Å²) in [5.74, 6) is -4.66. The third-order valence-electron chi connectivity index (χ3n) is 3.00. The Morgan fingerprint density at radius 1 is 1.00 bits per heavy atom. The van der Waals surface area contributed by atoms with Crippen LogP contribution in [0, 0.1) is 23.7 Å². The second kappa shape index (κ2) is 4.80. The zero-order chi connectivity index (χ0) is 9.59. The third-order valence-corrected chi connectivity index (χ3v) is 3.00. The van der Waals surface area contributed by atoms with Gasteiger partial charge in [-0.2, -0.15) is 0 Å². The van der Waals surface area contributed by atoms with Crippen LogP contribution < -0.4 is 10.2 Å². The summed E-state index contributed by atoms with van der Waals surface area (Å²) in [6.45, 7) is 0. The summed E-state index contributed by atoms with van der Waals surface area (Å²) in [5.41, 5.74) is 0. The van der Waals surface area contributed by atoms with Gasteiger partial charge in [-0.25, -0.2) is 0 Å². The molecule has 15 heavy (non-hydrogen) atoms. The van der Waals surface area contributed by atoms with Crippen LogP contribution in [-0.2, 0) is 9.59 Å². The molecule has 4 atom stereocenters. The van der Waals surface area contributed by atoms with E-state index in [4.69, 9.17) is 0 Å². The maximum atomic E-state index is 10.7. The van der Waals surface area contributed by atoms with Gasteiger partial charge in [0.25, 0.3) is 0 Å². The minimum atomic E-state index is -1.27. The Balaban J connectivity index is 0.000000980. The Morgan fingerprint density at radius 2 is 1.33 bits per heavy atom. The number of fused-ring (bicyclic) bond motifs is 2. The van der Waals surface area contributed by atoms with E-state index in [9.17, 15) is 19.8 Å². The Morgan fingerprint density at radius 3 is 1.60 bits per heavy atom. The van der Waals surface area contributed by atoms with Crippen LogP contribution in [0.4, 0.5) is 0 Å². The maximum absolute atomic E-state index is 10.7. The molecule has 2 rings (SSSR count). The maximum Gasteiger partial charge on any atom is 3.00 e. The Labute approximate surface area is 97.2 Å². The molecule has 0 aromatic heterocycles. The molecule has 0 amide bonds. The molecule has 0 heterocycles. The summed E-state index contributed by atoms with van der Waals surface area (Å²) >= 11 is 0. The van der Waals surface area contributed by atoms with Crippen molar-refractivity contribution >= 4 is 29.3 Å². The van der Waals surface area contributed by atoms with Crippen molar-refractivity contribution in [2.75, 3.05) is 0 Å². The second-order valence-electron chi connectivity index (χ2n) is 3.64. The van der Waals surface area contributed by atoms with Crippen LogP contribution in [0.3, 0.4) is 0 Å². The van der Waals surface area contributed by atoms with E-state index in [2.05, 4.69) is 0 Å². The van der Waals surface area contributed by atoms with E-state index < -0.39 is 23.8 Å². The number of carboxylic acid groups (broad SMARTS) is 2. The van der Waals surface area contributed by atoms with Crippen LogP contribution in [0.25, 0.3) is 0 Å². The van der Waals surface area contributed by atoms with E-state index in [0.29, 0.717) is 6.42 Å². The van der Waals surface area contributed by atoms with E-state index in [1.807, 2.05) is 0 Å². The van der Waals surface area contributed by atoms with Crippen molar-refractivity contribution in [1.29, 1.82) is 0 Å². The van der Waals surface area contributed by atoms with Crippen molar-refractivity contribution in [3.63, 3.8) is 0 Å². The van der Waals surface area contributed by atoms with Crippen molar-refractivity contribution in [1.82, 2.24) is 0 Å². The minimum absolute atomic E-state index is 0. The SMILES string of the molecule is O=C([O-])C1C2C=CC(C2)C1C(=O)[O-].[Al+3].[OH-]. The minimum Gasteiger partial charge on any atom is -0.870 e. The molecule has 2 aliphatic rings. The molecular formula is C9H9AlO5. The van der Waals surface area contributed by atoms with Crippen molar-refractivity contribution in [2.24, 2.45) is 23.7 Å². The third kappa shape index (κ3) is 2.07. The molecule has 1 fully saturated rings. The van der Waals surface area contributed by atoms with Crippen molar-refractivity contribution in [3.8, 4) is 0 Å². The number of hydrogen-bond donors (Lipinski definition) is 0. The molecule has 0 radical (unpaired) electrons. The molecule has 1 saturated carbocycles. The van der Waals surface area contributed by atoms with Crippen LogP contribution in [0.1, 0.15) is 6.42 Å². The number of rotatable bonds is 2. The fraction of sp³-hybridized carbons (Fsp3) is 0.556. The van der Waals surface area contributed by atoms with Crippen molar-refractivity contribution in [3.05, 3.63) is 12.2 Å². The Kier molecular flexibility index (Phi) is 4.53. The van der Waals surface area contributed by atoms with Crippen LogP contribution in [0.5, 0.6) is 0 Å². The van der Waals surface area contributed by atoms with Gasteiger partial charge in [-0.1, -0.05) is 12.2 Å². The smallest absolute Gasteiger partial charge is 0.870 e. The van der Waals surface area contributed by atoms with E-state index in [1.54, 1.807) is 12.2 Å². The number of carboxylic acids is 2. The number of carbonyl (C=O) groups is 2. The van der Waals surface area contributed by atoms with E-state index in [0.717, 1.165) is 0 Å². The molecule has 0 saturated heterocycles. The summed E-state index contributed by atoms with van der Waals surface area (Å²) in [6.07, 6.45) is 4.15. The molecule has 78 valence electrons. The van der Waals surface area contributed by atoms with Crippen LogP contribution in [-0.4, -0.2) is 34.8 Å². The predicted molar refractivity (Wildman–Crippen MR) is 45.4 cm³/mol. The Bertz CT molecular complexity index is 273. The molecule has 4 unspecified atom stereocenters. The standard InChI is InChI=1S/C9H10O4.Al.H2O/c10-8(11)6-4-1-2-5(3-4)7(6)9(12)13;;/h1-2,4-7H,3H2,(H,10,11)(H,12,13);;1H2/q;+3;/p-3. The molecule has 0 spiro atoms. The van der Waals surface area contributed by atoms with Crippen LogP contribution in [0.2, 0.25) is 0 Å². The van der Waals surface area contributed by atoms with Gasteiger partial charge in [-0.05, 0) is 18.3 Å². The molecule has 2 bridgehead atoms. The number of allylic oxidation sites excluding steroid dienone is 2. The zero-order valence-electron chi connectivity index (χ0n) is 7.83. The molecule has 0 aromatic rings. The fourth-order valence-electron chi connectivity index (χ4n) is 2.46. The van der Waals surface area contributed by atoms with Crippen LogP contribution >= 0.6 is 0 Å². The monoisotopic (exact) mass is 224 g/mol. The van der Waals surface area contributed by atoms with Gasteiger partial charge >= 0.3 is 17.4 Å². The first kappa shape index (κ1) is 14.2.